The first-order valence-electron chi connectivity index (χ1n) is 7.39. The number of hydrogen-bond donors (Lipinski definition) is 1. The minimum atomic E-state index is -0.101. The van der Waals surface area contributed by atoms with Crippen LogP contribution in [0.4, 0.5) is 0 Å². The van der Waals surface area contributed by atoms with Gasteiger partial charge in [-0.25, -0.2) is 0 Å². The van der Waals surface area contributed by atoms with Crippen LogP contribution in [0.25, 0.3) is 0 Å². The molecule has 1 unspecified atom stereocenters. The lowest BCUT2D eigenvalue weighted by Crippen LogP contribution is -2.05. The molecule has 0 saturated carbocycles. The van der Waals surface area contributed by atoms with Crippen molar-refractivity contribution in [2.75, 3.05) is 20.8 Å². The number of ether oxygens (including phenoxy) is 3. The normalized spacial score (nSPS) is 17.5. The fourth-order valence-corrected chi connectivity index (χ4v) is 3.00. The molecule has 24 heavy (non-hydrogen) atoms. The summed E-state index contributed by atoms with van der Waals surface area (Å²) in [6.07, 6.45) is 3.39. The third kappa shape index (κ3) is 3.17. The van der Waals surface area contributed by atoms with Gasteiger partial charge in [-0.15, -0.1) is 0 Å². The number of nitrogens with zero attached hydrogens (tertiary/aromatic N) is 3. The average molecular weight is 369 g/mol. The predicted octanol–water partition coefficient (Wildman–Crippen LogP) is 3.34. The van der Waals surface area contributed by atoms with E-state index in [1.54, 1.807) is 30.1 Å². The van der Waals surface area contributed by atoms with Crippen molar-refractivity contribution < 1.29 is 14.2 Å². The van der Waals surface area contributed by atoms with Crippen LogP contribution in [0.5, 0.6) is 11.5 Å². The molecule has 7 nitrogen and oxygen atoms in total. The Labute approximate surface area is 149 Å². The molecule has 0 amide bonds. The first kappa shape index (κ1) is 16.9. The molecule has 1 aromatic carbocycles. The Bertz CT molecular complexity index is 812. The van der Waals surface area contributed by atoms with Crippen LogP contribution in [0.3, 0.4) is 0 Å². The molecule has 1 atom stereocenters. The summed E-state index contributed by atoms with van der Waals surface area (Å²) in [7, 11) is 3.09. The van der Waals surface area contributed by atoms with Crippen LogP contribution in [0.15, 0.2) is 17.2 Å². The minimum absolute atomic E-state index is 0.101. The highest BCUT2D eigenvalue weighted by atomic mass is 35.5. The number of halogens is 1. The quantitative estimate of drug-likeness (QED) is 0.647. The third-order valence-corrected chi connectivity index (χ3v) is 4.37. The Morgan fingerprint density at radius 3 is 2.96 bits per heavy atom. The van der Waals surface area contributed by atoms with Crippen LogP contribution in [0.2, 0.25) is 5.02 Å². The van der Waals surface area contributed by atoms with E-state index >= 15 is 0 Å². The lowest BCUT2D eigenvalue weighted by molar-refractivity contribution is 0.102. The molecule has 1 aliphatic rings. The summed E-state index contributed by atoms with van der Waals surface area (Å²) in [5.41, 5.74) is 0.677. The topological polar surface area (TPSA) is 73.7 Å². The molecule has 1 fully saturated rings. The Balaban J connectivity index is 1.95. The van der Waals surface area contributed by atoms with Gasteiger partial charge in [-0.3, -0.25) is 5.10 Å². The zero-order valence-corrected chi connectivity index (χ0v) is 14.9. The number of aromatic nitrogens is 3. The number of H-pyrrole nitrogens is 1. The monoisotopic (exact) mass is 368 g/mol. The predicted molar refractivity (Wildman–Crippen MR) is 92.9 cm³/mol. The molecule has 0 radical (unpaired) electrons. The molecule has 2 aromatic rings. The summed E-state index contributed by atoms with van der Waals surface area (Å²) >= 11 is 11.6. The number of hydrogen-bond acceptors (Lipinski definition) is 6. The Hall–Kier alpha value is -1.90. The zero-order valence-electron chi connectivity index (χ0n) is 13.3. The zero-order chi connectivity index (χ0) is 17.1. The van der Waals surface area contributed by atoms with Crippen LogP contribution >= 0.6 is 23.8 Å². The second kappa shape index (κ2) is 7.33. The van der Waals surface area contributed by atoms with E-state index in [0.29, 0.717) is 32.7 Å². The van der Waals surface area contributed by atoms with Gasteiger partial charge >= 0.3 is 0 Å². The molecule has 128 valence electrons. The first-order valence-corrected chi connectivity index (χ1v) is 8.18. The summed E-state index contributed by atoms with van der Waals surface area (Å²) in [6, 6.07) is 3.56. The van der Waals surface area contributed by atoms with Crippen molar-refractivity contribution in [3.63, 3.8) is 0 Å². The summed E-state index contributed by atoms with van der Waals surface area (Å²) in [4.78, 5) is 0. The molecule has 1 aliphatic heterocycles. The van der Waals surface area contributed by atoms with E-state index in [1.807, 2.05) is 0 Å². The highest BCUT2D eigenvalue weighted by Crippen LogP contribution is 2.36. The van der Waals surface area contributed by atoms with Gasteiger partial charge in [0, 0.05) is 12.2 Å². The fourth-order valence-electron chi connectivity index (χ4n) is 2.53. The number of aromatic amines is 1. The molecule has 1 N–H and O–H groups in total. The van der Waals surface area contributed by atoms with E-state index < -0.39 is 0 Å². The average Bonchev–Trinajstić information content (AvgIpc) is 3.23. The van der Waals surface area contributed by atoms with Crippen molar-refractivity contribution in [1.29, 1.82) is 0 Å². The van der Waals surface area contributed by atoms with Crippen LogP contribution in [-0.2, 0) is 4.74 Å². The number of benzene rings is 1. The first-order chi connectivity index (χ1) is 11.7. The standard InChI is InChI=1S/C15H17ClN4O3S/c1-21-10-6-5-9(12(16)13(10)22-2)8-17-20-14(18-19-15(20)24)11-4-3-7-23-11/h5-6,8,11H,3-4,7H2,1-2H3,(H,19,24)/b17-8-. The number of rotatable bonds is 5. The lowest BCUT2D eigenvalue weighted by Gasteiger charge is -2.11. The van der Waals surface area contributed by atoms with Gasteiger partial charge in [-0.1, -0.05) is 11.6 Å². The summed E-state index contributed by atoms with van der Waals surface area (Å²) in [5, 5.41) is 11.8. The van der Waals surface area contributed by atoms with Gasteiger partial charge in [0.1, 0.15) is 6.10 Å². The molecule has 0 aliphatic carbocycles. The van der Waals surface area contributed by atoms with Gasteiger partial charge in [0.2, 0.25) is 4.77 Å². The second-order valence-electron chi connectivity index (χ2n) is 5.15. The highest BCUT2D eigenvalue weighted by Gasteiger charge is 2.23. The maximum Gasteiger partial charge on any atom is 0.216 e. The Kier molecular flexibility index (Phi) is 5.17. The van der Waals surface area contributed by atoms with Crippen molar-refractivity contribution in [3.8, 4) is 11.5 Å². The molecular weight excluding hydrogens is 352 g/mol. The van der Waals surface area contributed by atoms with Crippen LogP contribution in [0, 0.1) is 4.77 Å². The molecule has 2 heterocycles. The molecular formula is C15H17ClN4O3S. The van der Waals surface area contributed by atoms with Crippen molar-refractivity contribution in [2.24, 2.45) is 5.10 Å². The van der Waals surface area contributed by atoms with Gasteiger partial charge < -0.3 is 14.2 Å². The van der Waals surface area contributed by atoms with Crippen molar-refractivity contribution in [2.45, 2.75) is 18.9 Å². The molecule has 1 saturated heterocycles. The summed E-state index contributed by atoms with van der Waals surface area (Å²) in [5.74, 6) is 1.67. The van der Waals surface area contributed by atoms with E-state index in [0.717, 1.165) is 19.4 Å². The fraction of sp³-hybridized carbons (Fsp3) is 0.400. The van der Waals surface area contributed by atoms with Gasteiger partial charge in [-0.2, -0.15) is 14.9 Å². The van der Waals surface area contributed by atoms with Gasteiger partial charge in [0.15, 0.2) is 17.3 Å². The van der Waals surface area contributed by atoms with E-state index in [-0.39, 0.29) is 6.10 Å². The van der Waals surface area contributed by atoms with Crippen molar-refractivity contribution in [3.05, 3.63) is 33.3 Å². The summed E-state index contributed by atoms with van der Waals surface area (Å²) < 4.78 is 18.1. The van der Waals surface area contributed by atoms with Gasteiger partial charge in [-0.05, 0) is 37.2 Å². The molecule has 0 spiro atoms. The van der Waals surface area contributed by atoms with Crippen molar-refractivity contribution >= 4 is 30.0 Å². The van der Waals surface area contributed by atoms with E-state index in [2.05, 4.69) is 15.3 Å². The van der Waals surface area contributed by atoms with E-state index in [4.69, 9.17) is 38.0 Å². The number of methoxy groups -OCH3 is 2. The Morgan fingerprint density at radius 1 is 1.46 bits per heavy atom. The summed E-state index contributed by atoms with van der Waals surface area (Å²) in [6.45, 7) is 0.718. The highest BCUT2D eigenvalue weighted by molar-refractivity contribution is 7.71. The molecule has 1 aromatic heterocycles. The SMILES string of the molecule is COc1ccc(/C=N\n2c(C3CCCO3)n[nH]c2=S)c(Cl)c1OC. The molecule has 9 heteroatoms. The van der Waals surface area contributed by atoms with E-state index in [1.165, 1.54) is 7.11 Å². The van der Waals surface area contributed by atoms with Crippen molar-refractivity contribution in [1.82, 2.24) is 14.9 Å². The van der Waals surface area contributed by atoms with Gasteiger partial charge in [0.25, 0.3) is 0 Å². The molecule has 3 rings (SSSR count). The van der Waals surface area contributed by atoms with Gasteiger partial charge in [0.05, 0.1) is 25.5 Å². The second-order valence-corrected chi connectivity index (χ2v) is 5.91. The smallest absolute Gasteiger partial charge is 0.216 e. The maximum atomic E-state index is 6.36. The van der Waals surface area contributed by atoms with E-state index in [9.17, 15) is 0 Å². The minimum Gasteiger partial charge on any atom is -0.493 e. The number of nitrogens with one attached hydrogen (secondary N) is 1. The van der Waals surface area contributed by atoms with Crippen LogP contribution in [0.1, 0.15) is 30.3 Å². The van der Waals surface area contributed by atoms with Crippen LogP contribution < -0.4 is 9.47 Å². The lowest BCUT2D eigenvalue weighted by atomic mass is 10.2. The largest absolute Gasteiger partial charge is 0.493 e. The third-order valence-electron chi connectivity index (χ3n) is 3.72. The Morgan fingerprint density at radius 2 is 2.29 bits per heavy atom. The molecule has 0 bridgehead atoms. The maximum absolute atomic E-state index is 6.36. The van der Waals surface area contributed by atoms with Crippen LogP contribution in [-0.4, -0.2) is 41.9 Å².